The Balaban J connectivity index is 1.23. The molecule has 2 atom stereocenters. The molecule has 1 aromatic heterocycles. The van der Waals surface area contributed by atoms with Crippen molar-refractivity contribution >= 4 is 35.1 Å². The molecule has 0 radical (unpaired) electrons. The number of halogens is 1. The van der Waals surface area contributed by atoms with Crippen molar-refractivity contribution in [3.63, 3.8) is 0 Å². The number of aromatic amines is 1. The van der Waals surface area contributed by atoms with Crippen molar-refractivity contribution in [1.29, 1.82) is 0 Å². The van der Waals surface area contributed by atoms with Gasteiger partial charge >= 0.3 is 0 Å². The molecule has 0 spiro atoms. The van der Waals surface area contributed by atoms with Gasteiger partial charge in [0.1, 0.15) is 5.82 Å². The average molecular weight is 584 g/mol. The van der Waals surface area contributed by atoms with Crippen LogP contribution in [0.2, 0.25) is 0 Å². The maximum absolute atomic E-state index is 13.8. The third-order valence-corrected chi connectivity index (χ3v) is 9.07. The van der Waals surface area contributed by atoms with Crippen LogP contribution in [-0.4, -0.2) is 64.7 Å². The first-order valence-electron chi connectivity index (χ1n) is 15.2. The summed E-state index contributed by atoms with van der Waals surface area (Å²) in [5.74, 6) is -0.855. The monoisotopic (exact) mass is 583 g/mol. The molecule has 4 heterocycles. The zero-order valence-corrected chi connectivity index (χ0v) is 24.9. The number of likely N-dealkylation sites (tertiary alicyclic amines) is 2. The van der Waals surface area contributed by atoms with Crippen molar-refractivity contribution in [2.45, 2.75) is 58.5 Å². The van der Waals surface area contributed by atoms with E-state index in [4.69, 9.17) is 0 Å². The first-order valence-corrected chi connectivity index (χ1v) is 15.2. The van der Waals surface area contributed by atoms with E-state index in [1.807, 2.05) is 25.7 Å². The lowest BCUT2D eigenvalue weighted by molar-refractivity contribution is -0.110. The minimum Gasteiger partial charge on any atom is -0.358 e. The largest absolute Gasteiger partial charge is 0.358 e. The Morgan fingerprint density at radius 2 is 1.81 bits per heavy atom. The van der Waals surface area contributed by atoms with Gasteiger partial charge in [0.15, 0.2) is 0 Å². The standard InChI is InChI=1S/C34H38FN5O3/c1-20-30(36-22(3)31(20)34(43)40-16-6-7-26(40)19-39-14-4-5-15-39)18-28-27-17-24(10-13-29(27)38-33(28)42)32(41)37-21(2)23-8-11-25(35)12-9-23/h8-13,17-18,21,26,36H,4-7,14-16,19H2,1-3H3,(H,37,41)(H,38,42). The first kappa shape index (κ1) is 28.9. The zero-order valence-electron chi connectivity index (χ0n) is 24.9. The summed E-state index contributed by atoms with van der Waals surface area (Å²) in [6, 6.07) is 11.0. The highest BCUT2D eigenvalue weighted by molar-refractivity contribution is 6.35. The maximum atomic E-state index is 13.8. The van der Waals surface area contributed by atoms with Crippen molar-refractivity contribution < 1.29 is 18.8 Å². The number of rotatable bonds is 7. The number of H-pyrrole nitrogens is 1. The Morgan fingerprint density at radius 1 is 1.07 bits per heavy atom. The number of nitrogens with one attached hydrogen (secondary N) is 3. The second-order valence-electron chi connectivity index (χ2n) is 12.0. The topological polar surface area (TPSA) is 97.5 Å². The molecular weight excluding hydrogens is 545 g/mol. The highest BCUT2D eigenvalue weighted by Gasteiger charge is 2.34. The molecule has 0 bridgehead atoms. The summed E-state index contributed by atoms with van der Waals surface area (Å²) in [4.78, 5) is 47.9. The van der Waals surface area contributed by atoms with Crippen molar-refractivity contribution in [3.05, 3.63) is 87.5 Å². The lowest BCUT2D eigenvalue weighted by Crippen LogP contribution is -2.42. The van der Waals surface area contributed by atoms with Gasteiger partial charge in [-0.2, -0.15) is 0 Å². The molecule has 43 heavy (non-hydrogen) atoms. The Morgan fingerprint density at radius 3 is 2.56 bits per heavy atom. The Bertz CT molecular complexity index is 1600. The van der Waals surface area contributed by atoms with E-state index in [-0.39, 0.29) is 35.6 Å². The average Bonchev–Trinajstić information content (AvgIpc) is 3.78. The molecule has 2 unspecified atom stereocenters. The number of hydrogen-bond acceptors (Lipinski definition) is 4. The van der Waals surface area contributed by atoms with E-state index in [1.165, 1.54) is 25.0 Å². The molecule has 3 aliphatic rings. The molecule has 224 valence electrons. The van der Waals surface area contributed by atoms with Crippen LogP contribution in [0.5, 0.6) is 0 Å². The summed E-state index contributed by atoms with van der Waals surface area (Å²) in [6.45, 7) is 9.57. The molecule has 8 nitrogen and oxygen atoms in total. The van der Waals surface area contributed by atoms with Gasteiger partial charge in [-0.1, -0.05) is 12.1 Å². The Hall–Kier alpha value is -4.24. The fraction of sp³-hybridized carbons (Fsp3) is 0.382. The molecule has 2 fully saturated rings. The SMILES string of the molecule is Cc1[nH]c(C=C2C(=O)Nc3ccc(C(=O)NC(C)c4ccc(F)cc4)cc32)c(C)c1C(=O)N1CCCC1CN1CCCC1. The second kappa shape index (κ2) is 11.8. The molecule has 3 amide bonds. The number of carbonyl (C=O) groups excluding carboxylic acids is 3. The minimum atomic E-state index is -0.334. The van der Waals surface area contributed by atoms with Crippen LogP contribution >= 0.6 is 0 Å². The molecule has 2 aromatic carbocycles. The van der Waals surface area contributed by atoms with Gasteiger partial charge in [-0.05, 0) is 107 Å². The highest BCUT2D eigenvalue weighted by atomic mass is 19.1. The predicted molar refractivity (Wildman–Crippen MR) is 165 cm³/mol. The van der Waals surface area contributed by atoms with Gasteiger partial charge in [-0.15, -0.1) is 0 Å². The van der Waals surface area contributed by atoms with Crippen LogP contribution in [0.3, 0.4) is 0 Å². The number of anilines is 1. The summed E-state index contributed by atoms with van der Waals surface area (Å²) in [5, 5.41) is 5.83. The Kier molecular flexibility index (Phi) is 7.92. The van der Waals surface area contributed by atoms with Gasteiger partial charge in [0.25, 0.3) is 17.7 Å². The number of amides is 3. The van der Waals surface area contributed by atoms with Crippen molar-refractivity contribution in [3.8, 4) is 0 Å². The summed E-state index contributed by atoms with van der Waals surface area (Å²) >= 11 is 0. The van der Waals surface area contributed by atoms with Gasteiger partial charge < -0.3 is 25.4 Å². The van der Waals surface area contributed by atoms with Crippen LogP contribution in [0.15, 0.2) is 42.5 Å². The van der Waals surface area contributed by atoms with E-state index >= 15 is 0 Å². The van der Waals surface area contributed by atoms with Crippen LogP contribution < -0.4 is 10.6 Å². The molecule has 0 saturated carbocycles. The molecule has 0 aliphatic carbocycles. The fourth-order valence-electron chi connectivity index (χ4n) is 6.67. The zero-order chi connectivity index (χ0) is 30.2. The number of hydrogen-bond donors (Lipinski definition) is 3. The number of aromatic nitrogens is 1. The number of carbonyl (C=O) groups is 3. The quantitative estimate of drug-likeness (QED) is 0.322. The maximum Gasteiger partial charge on any atom is 0.256 e. The third kappa shape index (κ3) is 5.73. The van der Waals surface area contributed by atoms with Gasteiger partial charge in [0.05, 0.1) is 17.2 Å². The van der Waals surface area contributed by atoms with E-state index in [1.54, 1.807) is 36.4 Å². The summed E-state index contributed by atoms with van der Waals surface area (Å²) in [6.07, 6.45) is 6.27. The van der Waals surface area contributed by atoms with Gasteiger partial charge in [0, 0.05) is 47.3 Å². The van der Waals surface area contributed by atoms with Gasteiger partial charge in [-0.3, -0.25) is 14.4 Å². The number of benzene rings is 2. The number of aryl methyl sites for hydroxylation is 1. The van der Waals surface area contributed by atoms with Crippen LogP contribution in [0, 0.1) is 19.7 Å². The normalized spacial score (nSPS) is 20.0. The van der Waals surface area contributed by atoms with E-state index in [2.05, 4.69) is 20.5 Å². The molecule has 2 saturated heterocycles. The van der Waals surface area contributed by atoms with Crippen LogP contribution in [0.1, 0.15) is 87.4 Å². The minimum absolute atomic E-state index is 0.0445. The fourth-order valence-corrected chi connectivity index (χ4v) is 6.67. The van der Waals surface area contributed by atoms with E-state index < -0.39 is 0 Å². The predicted octanol–water partition coefficient (Wildman–Crippen LogP) is 5.45. The molecule has 9 heteroatoms. The van der Waals surface area contributed by atoms with Gasteiger partial charge in [-0.25, -0.2) is 4.39 Å². The lowest BCUT2D eigenvalue weighted by Gasteiger charge is -2.28. The van der Waals surface area contributed by atoms with Crippen molar-refractivity contribution in [2.75, 3.05) is 31.5 Å². The third-order valence-electron chi connectivity index (χ3n) is 9.07. The Labute approximate surface area is 251 Å². The highest BCUT2D eigenvalue weighted by Crippen LogP contribution is 2.35. The molecule has 3 aromatic rings. The summed E-state index contributed by atoms with van der Waals surface area (Å²) < 4.78 is 13.3. The molecular formula is C34H38FN5O3. The molecule has 3 aliphatic heterocycles. The second-order valence-corrected chi connectivity index (χ2v) is 12.0. The number of fused-ring (bicyclic) bond motifs is 1. The lowest BCUT2D eigenvalue weighted by atomic mass is 10.0. The summed E-state index contributed by atoms with van der Waals surface area (Å²) in [7, 11) is 0. The molecule has 6 rings (SSSR count). The molecule has 3 N–H and O–H groups in total. The van der Waals surface area contributed by atoms with E-state index in [0.717, 1.165) is 55.8 Å². The number of nitrogens with zero attached hydrogens (tertiary/aromatic N) is 2. The summed E-state index contributed by atoms with van der Waals surface area (Å²) in [5.41, 5.74) is 5.82. The van der Waals surface area contributed by atoms with E-state index in [0.29, 0.717) is 33.6 Å². The van der Waals surface area contributed by atoms with Crippen molar-refractivity contribution in [2.24, 2.45) is 0 Å². The van der Waals surface area contributed by atoms with E-state index in [9.17, 15) is 18.8 Å². The first-order chi connectivity index (χ1) is 20.7. The van der Waals surface area contributed by atoms with Crippen LogP contribution in [0.25, 0.3) is 11.6 Å². The van der Waals surface area contributed by atoms with Crippen LogP contribution in [0.4, 0.5) is 10.1 Å². The van der Waals surface area contributed by atoms with Crippen LogP contribution in [-0.2, 0) is 4.79 Å². The smallest absolute Gasteiger partial charge is 0.256 e. The van der Waals surface area contributed by atoms with Gasteiger partial charge in [0.2, 0.25) is 0 Å². The van der Waals surface area contributed by atoms with Crippen molar-refractivity contribution in [1.82, 2.24) is 20.1 Å².